The Labute approximate surface area is 107 Å². The number of carbonyl (C=O) groups excluding carboxylic acids is 1. The van der Waals surface area contributed by atoms with E-state index in [0.29, 0.717) is 15.9 Å². The Bertz CT molecular complexity index is 655. The SMILES string of the molecule is COC(=O)c1cc(F)cc(-c2cncc(=S)[nH]2)c1. The fourth-order valence-corrected chi connectivity index (χ4v) is 1.68. The molecular formula is C12H9FN2O2S. The molecule has 2 aromatic rings. The van der Waals surface area contributed by atoms with E-state index in [9.17, 15) is 9.18 Å². The van der Waals surface area contributed by atoms with Gasteiger partial charge in [-0.2, -0.15) is 0 Å². The van der Waals surface area contributed by atoms with E-state index >= 15 is 0 Å². The summed E-state index contributed by atoms with van der Waals surface area (Å²) in [5.74, 6) is -1.13. The number of aromatic amines is 1. The molecule has 0 aliphatic heterocycles. The van der Waals surface area contributed by atoms with Crippen LogP contribution in [0.1, 0.15) is 10.4 Å². The smallest absolute Gasteiger partial charge is 0.337 e. The largest absolute Gasteiger partial charge is 0.465 e. The molecule has 0 aliphatic carbocycles. The number of nitrogens with one attached hydrogen (secondary N) is 1. The minimum absolute atomic E-state index is 0.135. The lowest BCUT2D eigenvalue weighted by Gasteiger charge is -2.05. The number of nitrogens with zero attached hydrogens (tertiary/aromatic N) is 1. The van der Waals surface area contributed by atoms with Gasteiger partial charge in [-0.25, -0.2) is 9.18 Å². The molecular weight excluding hydrogens is 255 g/mol. The van der Waals surface area contributed by atoms with Gasteiger partial charge in [0.2, 0.25) is 0 Å². The molecule has 0 unspecified atom stereocenters. The Morgan fingerprint density at radius 3 is 2.83 bits per heavy atom. The average molecular weight is 264 g/mol. The zero-order valence-electron chi connectivity index (χ0n) is 9.44. The van der Waals surface area contributed by atoms with Crippen molar-refractivity contribution in [3.63, 3.8) is 0 Å². The van der Waals surface area contributed by atoms with Gasteiger partial charge in [0, 0.05) is 5.56 Å². The highest BCUT2D eigenvalue weighted by atomic mass is 32.1. The molecule has 0 saturated carbocycles. The maximum atomic E-state index is 13.4. The summed E-state index contributed by atoms with van der Waals surface area (Å²) >= 11 is 4.94. The van der Waals surface area contributed by atoms with Gasteiger partial charge in [-0.05, 0) is 18.2 Å². The Kier molecular flexibility index (Phi) is 3.47. The third kappa shape index (κ3) is 2.60. The van der Waals surface area contributed by atoms with Crippen LogP contribution in [0.25, 0.3) is 11.3 Å². The van der Waals surface area contributed by atoms with E-state index in [-0.39, 0.29) is 5.56 Å². The molecule has 0 atom stereocenters. The number of esters is 1. The zero-order chi connectivity index (χ0) is 13.1. The van der Waals surface area contributed by atoms with Crippen LogP contribution in [-0.2, 0) is 4.74 Å². The molecule has 0 spiro atoms. The normalized spacial score (nSPS) is 10.1. The van der Waals surface area contributed by atoms with E-state index in [4.69, 9.17) is 12.2 Å². The molecule has 0 bridgehead atoms. The summed E-state index contributed by atoms with van der Waals surface area (Å²) in [5, 5.41) is 0. The molecule has 92 valence electrons. The lowest BCUT2D eigenvalue weighted by molar-refractivity contribution is 0.0600. The summed E-state index contributed by atoms with van der Waals surface area (Å²) in [6, 6.07) is 3.91. The van der Waals surface area contributed by atoms with Crippen LogP contribution in [-0.4, -0.2) is 23.0 Å². The number of benzene rings is 1. The van der Waals surface area contributed by atoms with Crippen molar-refractivity contribution in [2.24, 2.45) is 0 Å². The standard InChI is InChI=1S/C12H9FN2O2S/c1-17-12(16)8-2-7(3-9(13)4-8)10-5-14-6-11(18)15-10/h2-6H,1H3,(H,15,18). The number of H-pyrrole nitrogens is 1. The molecule has 0 aliphatic rings. The first kappa shape index (κ1) is 12.4. The van der Waals surface area contributed by atoms with Gasteiger partial charge in [-0.3, -0.25) is 4.98 Å². The molecule has 0 radical (unpaired) electrons. The predicted octanol–water partition coefficient (Wildman–Crippen LogP) is 2.73. The average Bonchev–Trinajstić information content (AvgIpc) is 2.37. The quantitative estimate of drug-likeness (QED) is 0.669. The molecule has 1 N–H and O–H groups in total. The highest BCUT2D eigenvalue weighted by Gasteiger charge is 2.10. The monoisotopic (exact) mass is 264 g/mol. The molecule has 0 amide bonds. The minimum atomic E-state index is -0.599. The number of ether oxygens (including phenoxy) is 1. The van der Waals surface area contributed by atoms with Crippen molar-refractivity contribution >= 4 is 18.2 Å². The van der Waals surface area contributed by atoms with Crippen molar-refractivity contribution < 1.29 is 13.9 Å². The summed E-state index contributed by atoms with van der Waals surface area (Å²) in [5.41, 5.74) is 1.15. The Hall–Kier alpha value is -2.08. The van der Waals surface area contributed by atoms with Crippen LogP contribution in [0.15, 0.2) is 30.6 Å². The maximum absolute atomic E-state index is 13.4. The summed E-state index contributed by atoms with van der Waals surface area (Å²) in [6.07, 6.45) is 2.98. The molecule has 1 aromatic heterocycles. The predicted molar refractivity (Wildman–Crippen MR) is 66.2 cm³/mol. The van der Waals surface area contributed by atoms with E-state index < -0.39 is 11.8 Å². The van der Waals surface area contributed by atoms with E-state index in [1.165, 1.54) is 31.6 Å². The van der Waals surface area contributed by atoms with Gasteiger partial charge in [0.1, 0.15) is 10.5 Å². The molecule has 0 fully saturated rings. The minimum Gasteiger partial charge on any atom is -0.465 e. The summed E-state index contributed by atoms with van der Waals surface area (Å²) in [7, 11) is 1.24. The molecule has 2 rings (SSSR count). The third-order valence-electron chi connectivity index (χ3n) is 2.28. The number of hydrogen-bond donors (Lipinski definition) is 1. The van der Waals surface area contributed by atoms with Crippen molar-refractivity contribution in [1.29, 1.82) is 0 Å². The number of carbonyl (C=O) groups is 1. The summed E-state index contributed by atoms with van der Waals surface area (Å²) < 4.78 is 18.4. The highest BCUT2D eigenvalue weighted by molar-refractivity contribution is 7.71. The second-order valence-corrected chi connectivity index (χ2v) is 3.97. The fraction of sp³-hybridized carbons (Fsp3) is 0.0833. The zero-order valence-corrected chi connectivity index (χ0v) is 10.3. The van der Waals surface area contributed by atoms with Gasteiger partial charge in [0.15, 0.2) is 0 Å². The number of methoxy groups -OCH3 is 1. The molecule has 4 nitrogen and oxygen atoms in total. The summed E-state index contributed by atoms with van der Waals surface area (Å²) in [6.45, 7) is 0. The number of rotatable bonds is 2. The summed E-state index contributed by atoms with van der Waals surface area (Å²) in [4.78, 5) is 18.2. The van der Waals surface area contributed by atoms with Crippen LogP contribution >= 0.6 is 12.2 Å². The van der Waals surface area contributed by atoms with Crippen molar-refractivity contribution in [2.75, 3.05) is 7.11 Å². The van der Waals surface area contributed by atoms with Crippen molar-refractivity contribution in [1.82, 2.24) is 9.97 Å². The second-order valence-electron chi connectivity index (χ2n) is 3.53. The van der Waals surface area contributed by atoms with Crippen LogP contribution < -0.4 is 0 Å². The van der Waals surface area contributed by atoms with E-state index in [0.717, 1.165) is 6.07 Å². The van der Waals surface area contributed by atoms with Crippen molar-refractivity contribution in [3.8, 4) is 11.3 Å². The molecule has 6 heteroatoms. The third-order valence-corrected chi connectivity index (χ3v) is 2.49. The Morgan fingerprint density at radius 2 is 2.17 bits per heavy atom. The first-order valence-corrected chi connectivity index (χ1v) is 5.44. The molecule has 0 saturated heterocycles. The van der Waals surface area contributed by atoms with Gasteiger partial charge < -0.3 is 9.72 Å². The van der Waals surface area contributed by atoms with Crippen LogP contribution in [0, 0.1) is 10.5 Å². The van der Waals surface area contributed by atoms with Gasteiger partial charge in [0.25, 0.3) is 0 Å². The van der Waals surface area contributed by atoms with Crippen LogP contribution in [0.4, 0.5) is 4.39 Å². The lowest BCUT2D eigenvalue weighted by atomic mass is 10.1. The van der Waals surface area contributed by atoms with Crippen LogP contribution in [0.3, 0.4) is 0 Å². The van der Waals surface area contributed by atoms with Crippen LogP contribution in [0.2, 0.25) is 0 Å². The van der Waals surface area contributed by atoms with Gasteiger partial charge >= 0.3 is 5.97 Å². The lowest BCUT2D eigenvalue weighted by Crippen LogP contribution is -2.02. The highest BCUT2D eigenvalue weighted by Crippen LogP contribution is 2.19. The van der Waals surface area contributed by atoms with Gasteiger partial charge in [0.05, 0.1) is 30.8 Å². The van der Waals surface area contributed by atoms with E-state index in [1.54, 1.807) is 0 Å². The van der Waals surface area contributed by atoms with Crippen LogP contribution in [0.5, 0.6) is 0 Å². The van der Waals surface area contributed by atoms with E-state index in [2.05, 4.69) is 14.7 Å². The van der Waals surface area contributed by atoms with Gasteiger partial charge in [-0.1, -0.05) is 12.2 Å². The Morgan fingerprint density at radius 1 is 1.39 bits per heavy atom. The fourth-order valence-electron chi connectivity index (χ4n) is 1.50. The van der Waals surface area contributed by atoms with Crippen molar-refractivity contribution in [2.45, 2.75) is 0 Å². The first-order chi connectivity index (χ1) is 8.60. The number of halogens is 1. The van der Waals surface area contributed by atoms with Gasteiger partial charge in [-0.15, -0.1) is 0 Å². The number of hydrogen-bond acceptors (Lipinski definition) is 4. The first-order valence-electron chi connectivity index (χ1n) is 5.04. The molecule has 1 aromatic carbocycles. The maximum Gasteiger partial charge on any atom is 0.337 e. The van der Waals surface area contributed by atoms with Crippen molar-refractivity contribution in [3.05, 3.63) is 46.6 Å². The Balaban J connectivity index is 2.55. The van der Waals surface area contributed by atoms with E-state index in [1.807, 2.05) is 0 Å². The topological polar surface area (TPSA) is 55.0 Å². The number of aromatic nitrogens is 2. The molecule has 1 heterocycles. The molecule has 18 heavy (non-hydrogen) atoms. The second kappa shape index (κ2) is 5.05.